The van der Waals surface area contributed by atoms with Crippen molar-refractivity contribution in [3.8, 4) is 17.6 Å². The Kier molecular flexibility index (Phi) is 8.09. The van der Waals surface area contributed by atoms with Crippen molar-refractivity contribution in [1.29, 1.82) is 5.26 Å². The fraction of sp³-hybridized carbons (Fsp3) is 0.0833. The number of amides is 1. The van der Waals surface area contributed by atoms with Crippen molar-refractivity contribution in [2.75, 3.05) is 12.4 Å². The first-order chi connectivity index (χ1) is 16.3. The van der Waals surface area contributed by atoms with Gasteiger partial charge >= 0.3 is 0 Å². The molecule has 0 aliphatic carbocycles. The molecule has 0 saturated heterocycles. The number of ether oxygens (including phenoxy) is 2. The van der Waals surface area contributed by atoms with E-state index >= 15 is 0 Å². The van der Waals surface area contributed by atoms with Crippen molar-refractivity contribution >= 4 is 46.6 Å². The molecule has 0 atom stereocenters. The maximum Gasteiger partial charge on any atom is 0.271 e. The minimum atomic E-state index is -0.801. The Morgan fingerprint density at radius 1 is 1.15 bits per heavy atom. The van der Waals surface area contributed by atoms with Gasteiger partial charge in [-0.3, -0.25) is 14.9 Å². The summed E-state index contributed by atoms with van der Waals surface area (Å²) in [6.07, 6.45) is 1.30. The topological polar surface area (TPSA) is 114 Å². The molecule has 0 aliphatic rings. The van der Waals surface area contributed by atoms with Gasteiger partial charge in [-0.05, 0) is 35.4 Å². The molecule has 10 heteroatoms. The van der Waals surface area contributed by atoms with E-state index < -0.39 is 10.8 Å². The third-order valence-electron chi connectivity index (χ3n) is 4.56. The van der Waals surface area contributed by atoms with Crippen LogP contribution in [0.3, 0.4) is 0 Å². The van der Waals surface area contributed by atoms with Gasteiger partial charge in [-0.25, -0.2) is 0 Å². The fourth-order valence-electron chi connectivity index (χ4n) is 2.92. The van der Waals surface area contributed by atoms with Crippen molar-refractivity contribution < 1.29 is 19.2 Å². The van der Waals surface area contributed by atoms with Crippen LogP contribution >= 0.6 is 23.2 Å². The summed E-state index contributed by atoms with van der Waals surface area (Å²) in [4.78, 5) is 23.0. The summed E-state index contributed by atoms with van der Waals surface area (Å²) in [6, 6.07) is 18.0. The summed E-state index contributed by atoms with van der Waals surface area (Å²) >= 11 is 12.4. The fourth-order valence-corrected chi connectivity index (χ4v) is 3.36. The van der Waals surface area contributed by atoms with Gasteiger partial charge in [0, 0.05) is 12.1 Å². The standard InChI is InChI=1S/C24H17Cl2N3O5/c1-33-22-11-16(10-20(26)23(22)34-14-15-5-3-2-4-6-15)9-17(13-27)24(30)28-21-12-18(29(31)32)7-8-19(21)25/h2-12H,14H2,1H3,(H,28,30)/b17-9+. The smallest absolute Gasteiger partial charge is 0.271 e. The van der Waals surface area contributed by atoms with Crippen molar-refractivity contribution in [2.45, 2.75) is 6.61 Å². The third kappa shape index (κ3) is 6.04. The highest BCUT2D eigenvalue weighted by Gasteiger charge is 2.17. The molecule has 1 N–H and O–H groups in total. The lowest BCUT2D eigenvalue weighted by molar-refractivity contribution is -0.384. The number of non-ortho nitro benzene ring substituents is 1. The van der Waals surface area contributed by atoms with E-state index in [4.69, 9.17) is 32.7 Å². The summed E-state index contributed by atoms with van der Waals surface area (Å²) in [5.41, 5.74) is 0.810. The lowest BCUT2D eigenvalue weighted by Crippen LogP contribution is -2.14. The number of nitrogens with zero attached hydrogens (tertiary/aromatic N) is 2. The molecule has 0 heterocycles. The predicted molar refractivity (Wildman–Crippen MR) is 129 cm³/mol. The number of nitro benzene ring substituents is 1. The van der Waals surface area contributed by atoms with Gasteiger partial charge in [0.05, 0.1) is 27.8 Å². The van der Waals surface area contributed by atoms with Crippen LogP contribution in [0.4, 0.5) is 11.4 Å². The summed E-state index contributed by atoms with van der Waals surface area (Å²) in [6.45, 7) is 0.266. The zero-order valence-corrected chi connectivity index (χ0v) is 19.3. The number of nitriles is 1. The van der Waals surface area contributed by atoms with Crippen LogP contribution in [0.15, 0.2) is 66.2 Å². The lowest BCUT2D eigenvalue weighted by atomic mass is 10.1. The molecule has 0 fully saturated rings. The normalized spacial score (nSPS) is 10.8. The number of hydrogen-bond donors (Lipinski definition) is 1. The summed E-state index contributed by atoms with van der Waals surface area (Å²) in [5, 5.41) is 23.2. The van der Waals surface area contributed by atoms with E-state index in [0.717, 1.165) is 11.6 Å². The Bertz CT molecular complexity index is 1300. The lowest BCUT2D eigenvalue weighted by Gasteiger charge is -2.13. The maximum absolute atomic E-state index is 12.6. The highest BCUT2D eigenvalue weighted by molar-refractivity contribution is 6.34. The molecule has 0 bridgehead atoms. The summed E-state index contributed by atoms with van der Waals surface area (Å²) < 4.78 is 11.2. The Morgan fingerprint density at radius 3 is 2.53 bits per heavy atom. The number of hydrogen-bond acceptors (Lipinski definition) is 6. The van der Waals surface area contributed by atoms with Gasteiger partial charge in [-0.1, -0.05) is 53.5 Å². The molecule has 8 nitrogen and oxygen atoms in total. The molecular formula is C24H17Cl2N3O5. The first-order valence-corrected chi connectivity index (χ1v) is 10.5. The highest BCUT2D eigenvalue weighted by Crippen LogP contribution is 2.37. The van der Waals surface area contributed by atoms with Crippen LogP contribution in [0, 0.1) is 21.4 Å². The molecule has 0 aliphatic heterocycles. The third-order valence-corrected chi connectivity index (χ3v) is 5.17. The Balaban J connectivity index is 1.84. The quantitative estimate of drug-likeness (QED) is 0.175. The SMILES string of the molecule is COc1cc(/C=C(\C#N)C(=O)Nc2cc([N+](=O)[O-])ccc2Cl)cc(Cl)c1OCc1ccccc1. The van der Waals surface area contributed by atoms with Crippen LogP contribution in [0.1, 0.15) is 11.1 Å². The van der Waals surface area contributed by atoms with Crippen LogP contribution in [0.2, 0.25) is 10.0 Å². The van der Waals surface area contributed by atoms with E-state index in [2.05, 4.69) is 5.32 Å². The van der Waals surface area contributed by atoms with E-state index in [1.54, 1.807) is 12.1 Å². The number of carbonyl (C=O) groups excluding carboxylic acids is 1. The summed E-state index contributed by atoms with van der Waals surface area (Å²) in [5.74, 6) is -0.171. The van der Waals surface area contributed by atoms with Crippen molar-refractivity contribution in [3.63, 3.8) is 0 Å². The monoisotopic (exact) mass is 497 g/mol. The second kappa shape index (κ2) is 11.2. The number of anilines is 1. The molecule has 1 amide bonds. The van der Waals surface area contributed by atoms with Crippen molar-refractivity contribution in [2.24, 2.45) is 0 Å². The average molecular weight is 498 g/mol. The molecule has 0 saturated carbocycles. The molecule has 3 rings (SSSR count). The number of methoxy groups -OCH3 is 1. The molecule has 0 radical (unpaired) electrons. The summed E-state index contributed by atoms with van der Waals surface area (Å²) in [7, 11) is 1.44. The Morgan fingerprint density at radius 2 is 1.88 bits per heavy atom. The van der Waals surface area contributed by atoms with Gasteiger partial charge in [0.2, 0.25) is 0 Å². The Labute approximate surface area is 205 Å². The maximum atomic E-state index is 12.6. The minimum Gasteiger partial charge on any atom is -0.493 e. The van der Waals surface area contributed by atoms with Gasteiger partial charge in [-0.15, -0.1) is 0 Å². The van der Waals surface area contributed by atoms with Gasteiger partial charge in [0.15, 0.2) is 11.5 Å². The van der Waals surface area contributed by atoms with E-state index in [9.17, 15) is 20.2 Å². The van der Waals surface area contributed by atoms with Crippen LogP contribution in [0.5, 0.6) is 11.5 Å². The molecule has 172 valence electrons. The average Bonchev–Trinajstić information content (AvgIpc) is 2.83. The molecule has 0 aromatic heterocycles. The molecule has 3 aromatic rings. The first-order valence-electron chi connectivity index (χ1n) is 9.73. The predicted octanol–water partition coefficient (Wildman–Crippen LogP) is 6.03. The van der Waals surface area contributed by atoms with Crippen LogP contribution in [-0.4, -0.2) is 17.9 Å². The number of benzene rings is 3. The van der Waals surface area contributed by atoms with Gasteiger partial charge in [-0.2, -0.15) is 5.26 Å². The van der Waals surface area contributed by atoms with Crippen LogP contribution < -0.4 is 14.8 Å². The molecule has 3 aromatic carbocycles. The van der Waals surface area contributed by atoms with Gasteiger partial charge < -0.3 is 14.8 Å². The zero-order valence-electron chi connectivity index (χ0n) is 17.7. The van der Waals surface area contributed by atoms with E-state index in [0.29, 0.717) is 17.1 Å². The number of halogens is 2. The molecule has 34 heavy (non-hydrogen) atoms. The van der Waals surface area contributed by atoms with Crippen molar-refractivity contribution in [3.05, 3.63) is 97.5 Å². The molecule has 0 spiro atoms. The molecular weight excluding hydrogens is 481 g/mol. The van der Waals surface area contributed by atoms with Crippen molar-refractivity contribution in [1.82, 2.24) is 0 Å². The number of rotatable bonds is 8. The second-order valence-electron chi connectivity index (χ2n) is 6.85. The number of carbonyl (C=O) groups is 1. The van der Waals surface area contributed by atoms with E-state index in [-0.39, 0.29) is 33.6 Å². The largest absolute Gasteiger partial charge is 0.493 e. The number of nitro groups is 1. The van der Waals surface area contributed by atoms with E-state index in [1.807, 2.05) is 30.3 Å². The van der Waals surface area contributed by atoms with E-state index in [1.165, 1.54) is 31.4 Å². The Hall–Kier alpha value is -4.06. The van der Waals surface area contributed by atoms with Crippen LogP contribution in [0.25, 0.3) is 6.08 Å². The minimum absolute atomic E-state index is 0.00212. The highest BCUT2D eigenvalue weighted by atomic mass is 35.5. The zero-order chi connectivity index (χ0) is 24.7. The van der Waals surface area contributed by atoms with Gasteiger partial charge in [0.1, 0.15) is 18.2 Å². The molecule has 0 unspecified atom stereocenters. The number of nitrogens with one attached hydrogen (secondary N) is 1. The van der Waals surface area contributed by atoms with Crippen LogP contribution in [-0.2, 0) is 11.4 Å². The second-order valence-corrected chi connectivity index (χ2v) is 7.67. The first kappa shape index (κ1) is 24.6. The van der Waals surface area contributed by atoms with Gasteiger partial charge in [0.25, 0.3) is 11.6 Å².